The fourth-order valence-electron chi connectivity index (χ4n) is 1.46. The van der Waals surface area contributed by atoms with Crippen molar-refractivity contribution in [2.24, 2.45) is 11.7 Å². The molecule has 0 amide bonds. The second-order valence-corrected chi connectivity index (χ2v) is 3.74. The first-order valence-electron chi connectivity index (χ1n) is 4.86. The van der Waals surface area contributed by atoms with E-state index in [1.807, 2.05) is 12.2 Å². The number of rotatable bonds is 4. The predicted molar refractivity (Wildman–Crippen MR) is 56.2 cm³/mol. The van der Waals surface area contributed by atoms with Crippen LogP contribution in [0.2, 0.25) is 0 Å². The third-order valence-electron chi connectivity index (χ3n) is 2.47. The van der Waals surface area contributed by atoms with Gasteiger partial charge in [0.15, 0.2) is 0 Å². The Balaban J connectivity index is 2.52. The Labute approximate surface area is 88.5 Å². The number of ketones is 1. The normalized spacial score (nSPS) is 22.0. The average molecular weight is 209 g/mol. The fourth-order valence-corrected chi connectivity index (χ4v) is 1.46. The first kappa shape index (κ1) is 11.7. The van der Waals surface area contributed by atoms with Gasteiger partial charge in [-0.05, 0) is 19.8 Å². The van der Waals surface area contributed by atoms with Crippen molar-refractivity contribution in [3.63, 3.8) is 0 Å². The molecule has 2 atom stereocenters. The van der Waals surface area contributed by atoms with E-state index in [0.29, 0.717) is 12.8 Å². The minimum absolute atomic E-state index is 0.0604. The minimum Gasteiger partial charge on any atom is -0.480 e. The summed E-state index contributed by atoms with van der Waals surface area (Å²) in [5, 5.41) is 8.62. The molecule has 1 rings (SSSR count). The molecule has 0 heterocycles. The van der Waals surface area contributed by atoms with Crippen molar-refractivity contribution in [2.45, 2.75) is 25.8 Å². The number of hydrogen-bond acceptors (Lipinski definition) is 3. The van der Waals surface area contributed by atoms with Gasteiger partial charge >= 0.3 is 5.97 Å². The summed E-state index contributed by atoms with van der Waals surface area (Å²) in [6, 6.07) is -0.866. The van der Waals surface area contributed by atoms with E-state index in [1.165, 1.54) is 0 Å². The largest absolute Gasteiger partial charge is 0.480 e. The third kappa shape index (κ3) is 3.32. The van der Waals surface area contributed by atoms with Gasteiger partial charge in [-0.15, -0.1) is 0 Å². The van der Waals surface area contributed by atoms with Gasteiger partial charge in [0.05, 0.1) is 0 Å². The summed E-state index contributed by atoms with van der Waals surface area (Å²) < 4.78 is 0. The molecule has 0 spiro atoms. The number of carboxylic acids is 1. The second kappa shape index (κ2) is 4.89. The van der Waals surface area contributed by atoms with Crippen LogP contribution in [0.5, 0.6) is 0 Å². The summed E-state index contributed by atoms with van der Waals surface area (Å²) in [5.41, 5.74) is 6.29. The Hall–Kier alpha value is -1.42. The topological polar surface area (TPSA) is 80.4 Å². The SMILES string of the molecule is CC(=O)C1C=CC(C[C@@H](N)C(=O)O)=CC1. The maximum absolute atomic E-state index is 11.0. The highest BCUT2D eigenvalue weighted by atomic mass is 16.4. The van der Waals surface area contributed by atoms with Gasteiger partial charge in [-0.1, -0.05) is 23.8 Å². The van der Waals surface area contributed by atoms with Crippen LogP contribution < -0.4 is 5.73 Å². The van der Waals surface area contributed by atoms with Crippen LogP contribution in [-0.4, -0.2) is 22.9 Å². The van der Waals surface area contributed by atoms with Crippen molar-refractivity contribution in [1.82, 2.24) is 0 Å². The number of nitrogens with two attached hydrogens (primary N) is 1. The van der Waals surface area contributed by atoms with E-state index in [9.17, 15) is 9.59 Å². The molecule has 0 bridgehead atoms. The Morgan fingerprint density at radius 2 is 2.33 bits per heavy atom. The molecular weight excluding hydrogens is 194 g/mol. The molecule has 0 radical (unpaired) electrons. The van der Waals surface area contributed by atoms with Gasteiger partial charge < -0.3 is 10.8 Å². The van der Waals surface area contributed by atoms with Crippen molar-refractivity contribution in [3.05, 3.63) is 23.8 Å². The van der Waals surface area contributed by atoms with E-state index in [2.05, 4.69) is 0 Å². The molecule has 0 fully saturated rings. The molecule has 1 aliphatic rings. The molecule has 0 saturated carbocycles. The summed E-state index contributed by atoms with van der Waals surface area (Å²) in [7, 11) is 0. The molecule has 0 saturated heterocycles. The van der Waals surface area contributed by atoms with E-state index < -0.39 is 12.0 Å². The minimum atomic E-state index is -1.00. The summed E-state index contributed by atoms with van der Waals surface area (Å²) in [4.78, 5) is 21.6. The molecule has 0 aromatic carbocycles. The fraction of sp³-hybridized carbons (Fsp3) is 0.455. The van der Waals surface area contributed by atoms with E-state index >= 15 is 0 Å². The van der Waals surface area contributed by atoms with Crippen molar-refractivity contribution in [1.29, 1.82) is 0 Å². The van der Waals surface area contributed by atoms with Crippen LogP contribution in [0.3, 0.4) is 0 Å². The van der Waals surface area contributed by atoms with Gasteiger partial charge in [0.25, 0.3) is 0 Å². The summed E-state index contributed by atoms with van der Waals surface area (Å²) >= 11 is 0. The predicted octanol–water partition coefficient (Wildman–Crippen LogP) is 0.880. The van der Waals surface area contributed by atoms with Crippen molar-refractivity contribution in [2.75, 3.05) is 0 Å². The Bertz CT molecular complexity index is 331. The molecule has 82 valence electrons. The number of carbonyl (C=O) groups excluding carboxylic acids is 1. The highest BCUT2D eigenvalue weighted by Crippen LogP contribution is 2.19. The first-order chi connectivity index (χ1) is 7.00. The van der Waals surface area contributed by atoms with E-state index in [0.717, 1.165) is 5.57 Å². The Morgan fingerprint density at radius 3 is 2.73 bits per heavy atom. The molecule has 15 heavy (non-hydrogen) atoms. The zero-order valence-corrected chi connectivity index (χ0v) is 8.64. The monoisotopic (exact) mass is 209 g/mol. The van der Waals surface area contributed by atoms with Crippen molar-refractivity contribution < 1.29 is 14.7 Å². The highest BCUT2D eigenvalue weighted by Gasteiger charge is 2.16. The molecule has 0 aliphatic heterocycles. The highest BCUT2D eigenvalue weighted by molar-refractivity contribution is 5.80. The van der Waals surface area contributed by atoms with Crippen LogP contribution in [0.25, 0.3) is 0 Å². The zero-order chi connectivity index (χ0) is 11.4. The lowest BCUT2D eigenvalue weighted by molar-refractivity contribution is -0.138. The van der Waals surface area contributed by atoms with Gasteiger partial charge in [0.2, 0.25) is 0 Å². The van der Waals surface area contributed by atoms with E-state index in [4.69, 9.17) is 10.8 Å². The molecule has 4 nitrogen and oxygen atoms in total. The summed E-state index contributed by atoms with van der Waals surface area (Å²) in [6.45, 7) is 1.55. The lowest BCUT2D eigenvalue weighted by Crippen LogP contribution is -2.30. The van der Waals surface area contributed by atoms with Gasteiger partial charge in [0, 0.05) is 5.92 Å². The van der Waals surface area contributed by atoms with Crippen molar-refractivity contribution in [3.8, 4) is 0 Å². The quantitative estimate of drug-likeness (QED) is 0.720. The van der Waals surface area contributed by atoms with Gasteiger partial charge in [-0.25, -0.2) is 0 Å². The van der Waals surface area contributed by atoms with Crippen LogP contribution in [-0.2, 0) is 9.59 Å². The van der Waals surface area contributed by atoms with E-state index in [-0.39, 0.29) is 11.7 Å². The van der Waals surface area contributed by atoms with Crippen LogP contribution in [0, 0.1) is 5.92 Å². The molecule has 0 aromatic heterocycles. The molecule has 3 N–H and O–H groups in total. The maximum Gasteiger partial charge on any atom is 0.320 e. The first-order valence-corrected chi connectivity index (χ1v) is 4.86. The van der Waals surface area contributed by atoms with Gasteiger partial charge in [0.1, 0.15) is 11.8 Å². The summed E-state index contributed by atoms with van der Waals surface area (Å²) in [5.74, 6) is -0.933. The molecule has 4 heteroatoms. The molecule has 1 aliphatic carbocycles. The molecular formula is C11H15NO3. The van der Waals surface area contributed by atoms with Crippen molar-refractivity contribution >= 4 is 11.8 Å². The number of aliphatic carboxylic acids is 1. The van der Waals surface area contributed by atoms with Crippen LogP contribution in [0.1, 0.15) is 19.8 Å². The number of carbonyl (C=O) groups is 2. The standard InChI is InChI=1S/C11H15NO3/c1-7(13)9-4-2-8(3-5-9)6-10(12)11(14)15/h2-4,9-10H,5-6,12H2,1H3,(H,14,15)/t9?,10-/m1/s1. The zero-order valence-electron chi connectivity index (χ0n) is 8.64. The molecule has 0 aromatic rings. The summed E-state index contributed by atoms with van der Waals surface area (Å²) in [6.07, 6.45) is 6.45. The lowest BCUT2D eigenvalue weighted by Gasteiger charge is -2.14. The van der Waals surface area contributed by atoms with Crippen LogP contribution in [0.15, 0.2) is 23.8 Å². The van der Waals surface area contributed by atoms with Gasteiger partial charge in [-0.3, -0.25) is 9.59 Å². The molecule has 1 unspecified atom stereocenters. The number of hydrogen-bond donors (Lipinski definition) is 2. The van der Waals surface area contributed by atoms with Crippen LogP contribution in [0.4, 0.5) is 0 Å². The number of carboxylic acid groups (broad SMARTS) is 1. The average Bonchev–Trinajstić information content (AvgIpc) is 2.18. The third-order valence-corrected chi connectivity index (χ3v) is 2.47. The number of allylic oxidation sites excluding steroid dienone is 3. The Kier molecular flexibility index (Phi) is 3.80. The second-order valence-electron chi connectivity index (χ2n) is 3.74. The van der Waals surface area contributed by atoms with Crippen LogP contribution >= 0.6 is 0 Å². The lowest BCUT2D eigenvalue weighted by atomic mass is 9.91. The number of Topliss-reactive ketones (excluding diaryl/α,β-unsaturated/α-hetero) is 1. The van der Waals surface area contributed by atoms with E-state index in [1.54, 1.807) is 13.0 Å². The Morgan fingerprint density at radius 1 is 1.67 bits per heavy atom. The van der Waals surface area contributed by atoms with Gasteiger partial charge in [-0.2, -0.15) is 0 Å². The smallest absolute Gasteiger partial charge is 0.320 e. The maximum atomic E-state index is 11.0.